The molecule has 6 heteroatoms. The topological polar surface area (TPSA) is 62.6 Å². The van der Waals surface area contributed by atoms with Crippen LogP contribution in [-0.4, -0.2) is 18.4 Å². The molecule has 1 aliphatic heterocycles. The number of fused-ring (bicyclic) bond motifs is 1. The lowest BCUT2D eigenvalue weighted by Crippen LogP contribution is -2.25. The van der Waals surface area contributed by atoms with Gasteiger partial charge in [-0.05, 0) is 49.7 Å². The van der Waals surface area contributed by atoms with E-state index in [2.05, 4.69) is 5.32 Å². The van der Waals surface area contributed by atoms with Gasteiger partial charge in [0.1, 0.15) is 17.2 Å². The third-order valence-corrected chi connectivity index (χ3v) is 4.90. The van der Waals surface area contributed by atoms with Crippen LogP contribution < -0.4 is 10.2 Å². The molecule has 0 spiro atoms. The molecule has 27 heavy (non-hydrogen) atoms. The summed E-state index contributed by atoms with van der Waals surface area (Å²) in [7, 11) is 0. The Morgan fingerprint density at radius 3 is 2.89 bits per heavy atom. The quantitative estimate of drug-likeness (QED) is 0.761. The predicted octanol–water partition coefficient (Wildman–Crippen LogP) is 3.94. The van der Waals surface area contributed by atoms with Crippen molar-refractivity contribution in [2.45, 2.75) is 26.3 Å². The number of nitrogens with one attached hydrogen (secondary N) is 1. The zero-order valence-electron chi connectivity index (χ0n) is 14.9. The maximum atomic E-state index is 13.4. The summed E-state index contributed by atoms with van der Waals surface area (Å²) >= 11 is 0. The lowest BCUT2D eigenvalue weighted by atomic mass is 10.1. The number of carbonyl (C=O) groups is 2. The number of anilines is 1. The van der Waals surface area contributed by atoms with E-state index in [1.165, 1.54) is 12.1 Å². The normalized spacial score (nSPS) is 14.1. The molecular weight excluding hydrogens is 347 g/mol. The van der Waals surface area contributed by atoms with E-state index in [-0.39, 0.29) is 24.2 Å². The molecule has 0 unspecified atom stereocenters. The van der Waals surface area contributed by atoms with Gasteiger partial charge in [-0.25, -0.2) is 4.39 Å². The molecule has 0 bridgehead atoms. The van der Waals surface area contributed by atoms with Crippen molar-refractivity contribution in [1.29, 1.82) is 0 Å². The zero-order valence-corrected chi connectivity index (χ0v) is 14.9. The van der Waals surface area contributed by atoms with E-state index in [9.17, 15) is 14.0 Å². The summed E-state index contributed by atoms with van der Waals surface area (Å²) in [6, 6.07) is 11.4. The van der Waals surface area contributed by atoms with Gasteiger partial charge in [0.25, 0.3) is 5.91 Å². The highest BCUT2D eigenvalue weighted by molar-refractivity contribution is 5.99. The minimum Gasteiger partial charge on any atom is -0.459 e. The van der Waals surface area contributed by atoms with Crippen LogP contribution in [0.4, 0.5) is 10.1 Å². The van der Waals surface area contributed by atoms with Crippen molar-refractivity contribution in [3.63, 3.8) is 0 Å². The fourth-order valence-electron chi connectivity index (χ4n) is 3.41. The Morgan fingerprint density at radius 2 is 2.11 bits per heavy atom. The van der Waals surface area contributed by atoms with E-state index in [0.717, 1.165) is 17.7 Å². The fourth-order valence-corrected chi connectivity index (χ4v) is 3.41. The Labute approximate surface area is 155 Å². The van der Waals surface area contributed by atoms with E-state index < -0.39 is 0 Å². The highest BCUT2D eigenvalue weighted by Gasteiger charge is 2.22. The van der Waals surface area contributed by atoms with Crippen LogP contribution >= 0.6 is 0 Å². The first-order valence-corrected chi connectivity index (χ1v) is 8.89. The van der Waals surface area contributed by atoms with Crippen LogP contribution in [0.3, 0.4) is 0 Å². The van der Waals surface area contributed by atoms with Crippen molar-refractivity contribution in [3.05, 3.63) is 65.2 Å². The van der Waals surface area contributed by atoms with E-state index in [0.29, 0.717) is 35.3 Å². The van der Waals surface area contributed by atoms with E-state index in [1.54, 1.807) is 29.2 Å². The van der Waals surface area contributed by atoms with Gasteiger partial charge < -0.3 is 14.6 Å². The predicted molar refractivity (Wildman–Crippen MR) is 100 cm³/mol. The number of hydrogen-bond acceptors (Lipinski definition) is 3. The molecule has 1 saturated heterocycles. The Kier molecular flexibility index (Phi) is 4.39. The SMILES string of the molecule is Cc1c(CNC(=O)c2cccc(N3CCCC3=O)c2)oc2ccc(F)cc12. The van der Waals surface area contributed by atoms with Gasteiger partial charge in [-0.15, -0.1) is 0 Å². The molecule has 1 fully saturated rings. The van der Waals surface area contributed by atoms with Crippen LogP contribution in [0.2, 0.25) is 0 Å². The second-order valence-corrected chi connectivity index (χ2v) is 6.67. The van der Waals surface area contributed by atoms with Crippen LogP contribution in [0, 0.1) is 12.7 Å². The molecule has 2 amide bonds. The van der Waals surface area contributed by atoms with E-state index in [1.807, 2.05) is 13.0 Å². The molecule has 4 rings (SSSR count). The first-order valence-electron chi connectivity index (χ1n) is 8.89. The van der Waals surface area contributed by atoms with Crippen LogP contribution in [0.25, 0.3) is 11.0 Å². The summed E-state index contributed by atoms with van der Waals surface area (Å²) in [6.45, 7) is 2.72. The number of furan rings is 1. The van der Waals surface area contributed by atoms with Gasteiger partial charge in [0.05, 0.1) is 6.54 Å². The summed E-state index contributed by atoms with van der Waals surface area (Å²) in [6.07, 6.45) is 1.38. The molecule has 2 heterocycles. The maximum absolute atomic E-state index is 13.4. The minimum absolute atomic E-state index is 0.0812. The number of aryl methyl sites for hydroxylation is 1. The average Bonchev–Trinajstić information content (AvgIpc) is 3.23. The monoisotopic (exact) mass is 366 g/mol. The smallest absolute Gasteiger partial charge is 0.251 e. The molecule has 3 aromatic rings. The van der Waals surface area contributed by atoms with Gasteiger partial charge >= 0.3 is 0 Å². The number of amides is 2. The summed E-state index contributed by atoms with van der Waals surface area (Å²) in [4.78, 5) is 26.1. The molecule has 0 atom stereocenters. The van der Waals surface area contributed by atoms with Gasteiger partial charge in [-0.3, -0.25) is 9.59 Å². The van der Waals surface area contributed by atoms with Crippen LogP contribution in [0.15, 0.2) is 46.9 Å². The Morgan fingerprint density at radius 1 is 1.26 bits per heavy atom. The van der Waals surface area contributed by atoms with Crippen molar-refractivity contribution in [1.82, 2.24) is 5.32 Å². The molecule has 5 nitrogen and oxygen atoms in total. The molecule has 0 saturated carbocycles. The third kappa shape index (κ3) is 3.30. The summed E-state index contributed by atoms with van der Waals surface area (Å²) in [5.74, 6) is 0.0947. The average molecular weight is 366 g/mol. The first-order chi connectivity index (χ1) is 13.0. The van der Waals surface area contributed by atoms with Gasteiger partial charge in [0, 0.05) is 35.2 Å². The second kappa shape index (κ2) is 6.87. The highest BCUT2D eigenvalue weighted by atomic mass is 19.1. The maximum Gasteiger partial charge on any atom is 0.251 e. The van der Waals surface area contributed by atoms with Gasteiger partial charge in [-0.1, -0.05) is 6.07 Å². The lowest BCUT2D eigenvalue weighted by Gasteiger charge is -2.16. The molecule has 0 aliphatic carbocycles. The van der Waals surface area contributed by atoms with Crippen molar-refractivity contribution >= 4 is 28.5 Å². The summed E-state index contributed by atoms with van der Waals surface area (Å²) < 4.78 is 19.1. The fraction of sp³-hybridized carbons (Fsp3) is 0.238. The van der Waals surface area contributed by atoms with Crippen molar-refractivity contribution in [2.75, 3.05) is 11.4 Å². The molecular formula is C21H19FN2O3. The zero-order chi connectivity index (χ0) is 19.0. The standard InChI is InChI=1S/C21H19FN2O3/c1-13-17-11-15(22)7-8-18(17)27-19(13)12-23-21(26)14-4-2-5-16(10-14)24-9-3-6-20(24)25/h2,4-5,7-8,10-11H,3,6,9,12H2,1H3,(H,23,26). The summed E-state index contributed by atoms with van der Waals surface area (Å²) in [5.41, 5.74) is 2.61. The number of hydrogen-bond donors (Lipinski definition) is 1. The lowest BCUT2D eigenvalue weighted by molar-refractivity contribution is -0.117. The van der Waals surface area contributed by atoms with Gasteiger partial charge in [-0.2, -0.15) is 0 Å². The van der Waals surface area contributed by atoms with E-state index in [4.69, 9.17) is 4.42 Å². The highest BCUT2D eigenvalue weighted by Crippen LogP contribution is 2.26. The minimum atomic E-state index is -0.324. The second-order valence-electron chi connectivity index (χ2n) is 6.67. The number of halogens is 1. The Balaban J connectivity index is 1.50. The van der Waals surface area contributed by atoms with Crippen LogP contribution in [0.1, 0.15) is 34.5 Å². The largest absolute Gasteiger partial charge is 0.459 e. The third-order valence-electron chi connectivity index (χ3n) is 4.90. The van der Waals surface area contributed by atoms with Crippen LogP contribution in [-0.2, 0) is 11.3 Å². The molecule has 0 radical (unpaired) electrons. The molecule has 2 aromatic carbocycles. The van der Waals surface area contributed by atoms with Crippen molar-refractivity contribution < 1.29 is 18.4 Å². The Bertz CT molecular complexity index is 1040. The number of nitrogens with zero attached hydrogens (tertiary/aromatic N) is 1. The molecule has 1 aromatic heterocycles. The first kappa shape index (κ1) is 17.3. The molecule has 1 N–H and O–H groups in total. The Hall–Kier alpha value is -3.15. The van der Waals surface area contributed by atoms with Gasteiger partial charge in [0.2, 0.25) is 5.91 Å². The van der Waals surface area contributed by atoms with Crippen LogP contribution in [0.5, 0.6) is 0 Å². The molecule has 1 aliphatic rings. The number of carbonyl (C=O) groups excluding carboxylic acids is 2. The van der Waals surface area contributed by atoms with Crippen molar-refractivity contribution in [3.8, 4) is 0 Å². The van der Waals surface area contributed by atoms with Crippen molar-refractivity contribution in [2.24, 2.45) is 0 Å². The number of benzene rings is 2. The molecule has 138 valence electrons. The van der Waals surface area contributed by atoms with E-state index >= 15 is 0 Å². The summed E-state index contributed by atoms with van der Waals surface area (Å²) in [5, 5.41) is 3.53. The van der Waals surface area contributed by atoms with Gasteiger partial charge in [0.15, 0.2) is 0 Å². The number of rotatable bonds is 4.